The van der Waals surface area contributed by atoms with E-state index in [0.29, 0.717) is 23.0 Å². The third-order valence-electron chi connectivity index (χ3n) is 3.59. The van der Waals surface area contributed by atoms with Crippen LogP contribution in [0.5, 0.6) is 11.5 Å². The number of rotatable bonds is 4. The van der Waals surface area contributed by atoms with Gasteiger partial charge >= 0.3 is 0 Å². The maximum Gasteiger partial charge on any atom is 0.169 e. The van der Waals surface area contributed by atoms with Crippen molar-refractivity contribution in [2.24, 2.45) is 0 Å². The number of benzene rings is 2. The molecular weight excluding hydrogens is 331 g/mol. The van der Waals surface area contributed by atoms with Gasteiger partial charge in [0, 0.05) is 0 Å². The normalized spacial score (nSPS) is 17.4. The van der Waals surface area contributed by atoms with Gasteiger partial charge in [0.15, 0.2) is 11.5 Å². The lowest BCUT2D eigenvalue weighted by atomic mass is 10.0. The topological polar surface area (TPSA) is 29.5 Å². The smallest absolute Gasteiger partial charge is 0.169 e. The summed E-state index contributed by atoms with van der Waals surface area (Å²) in [7, 11) is 0. The van der Waals surface area contributed by atoms with Crippen LogP contribution in [0.3, 0.4) is 0 Å². The molecule has 1 unspecified atom stereocenters. The van der Waals surface area contributed by atoms with Gasteiger partial charge in [0.2, 0.25) is 0 Å². The predicted octanol–water partition coefficient (Wildman–Crippen LogP) is 5.38. The number of phenols is 1. The van der Waals surface area contributed by atoms with Crippen LogP contribution in [0, 0.1) is 0 Å². The van der Waals surface area contributed by atoms with E-state index in [9.17, 15) is 5.11 Å². The zero-order chi connectivity index (χ0) is 16.2. The van der Waals surface area contributed by atoms with E-state index in [4.69, 9.17) is 27.9 Å². The maximum absolute atomic E-state index is 10.2. The average molecular weight is 347 g/mol. The van der Waals surface area contributed by atoms with Crippen molar-refractivity contribution in [1.29, 1.82) is 0 Å². The van der Waals surface area contributed by atoms with Crippen LogP contribution in [0.2, 0.25) is 0 Å². The molecule has 1 N–H and O–H groups in total. The van der Waals surface area contributed by atoms with Gasteiger partial charge in [-0.3, -0.25) is 0 Å². The Labute approximate surface area is 145 Å². The fourth-order valence-electron chi connectivity index (χ4n) is 2.43. The predicted molar refractivity (Wildman–Crippen MR) is 94.3 cm³/mol. The zero-order valence-corrected chi connectivity index (χ0v) is 13.9. The van der Waals surface area contributed by atoms with E-state index in [2.05, 4.69) is 12.1 Å². The molecule has 4 heteroatoms. The molecule has 2 nitrogen and oxygen atoms in total. The molecule has 0 fully saturated rings. The van der Waals surface area contributed by atoms with Gasteiger partial charge in [-0.1, -0.05) is 48.0 Å². The quantitative estimate of drug-likeness (QED) is 0.753. The molecule has 2 aromatic rings. The Kier molecular flexibility index (Phi) is 4.94. The number of aromatic hydroxyl groups is 1. The summed E-state index contributed by atoms with van der Waals surface area (Å²) in [6, 6.07) is 15.5. The van der Waals surface area contributed by atoms with Crippen molar-refractivity contribution in [2.75, 3.05) is 0 Å². The first-order chi connectivity index (χ1) is 11.1. The number of halogens is 2. The van der Waals surface area contributed by atoms with Crippen LogP contribution in [-0.4, -0.2) is 10.5 Å². The van der Waals surface area contributed by atoms with Crippen molar-refractivity contribution in [3.63, 3.8) is 0 Å². The fraction of sp³-hybridized carbons (Fsp3) is 0.158. The summed E-state index contributed by atoms with van der Waals surface area (Å²) in [5.74, 6) is 0.999. The SMILES string of the molecule is Oc1cc(Cc2ccccc2)ccc1OC1=CCC(Cl)C=C1Cl. The highest BCUT2D eigenvalue weighted by Crippen LogP contribution is 2.33. The monoisotopic (exact) mass is 346 g/mol. The molecule has 0 bridgehead atoms. The molecule has 118 valence electrons. The molecule has 0 spiro atoms. The highest BCUT2D eigenvalue weighted by Gasteiger charge is 2.16. The molecule has 1 aliphatic rings. The molecule has 23 heavy (non-hydrogen) atoms. The van der Waals surface area contributed by atoms with Gasteiger partial charge in [-0.2, -0.15) is 0 Å². The van der Waals surface area contributed by atoms with Gasteiger partial charge in [0.05, 0.1) is 10.4 Å². The lowest BCUT2D eigenvalue weighted by Gasteiger charge is -2.16. The molecule has 2 aromatic carbocycles. The molecule has 0 heterocycles. The van der Waals surface area contributed by atoms with Crippen molar-refractivity contribution in [3.05, 3.63) is 82.6 Å². The zero-order valence-electron chi connectivity index (χ0n) is 12.4. The van der Waals surface area contributed by atoms with Gasteiger partial charge in [0.25, 0.3) is 0 Å². The third kappa shape index (κ3) is 4.10. The van der Waals surface area contributed by atoms with Crippen LogP contribution >= 0.6 is 23.2 Å². The highest BCUT2D eigenvalue weighted by atomic mass is 35.5. The Morgan fingerprint density at radius 2 is 1.87 bits per heavy atom. The summed E-state index contributed by atoms with van der Waals surface area (Å²) in [5, 5.41) is 10.5. The number of phenolic OH excluding ortho intramolecular Hbond substituents is 1. The van der Waals surface area contributed by atoms with Crippen molar-refractivity contribution < 1.29 is 9.84 Å². The molecular formula is C19H16Cl2O2. The minimum absolute atomic E-state index is 0.0943. The first kappa shape index (κ1) is 16.0. The van der Waals surface area contributed by atoms with Crippen molar-refractivity contribution in [3.8, 4) is 11.5 Å². The standard InChI is InChI=1S/C19H16Cl2O2/c20-15-7-9-18(16(21)12-15)23-19-8-6-14(11-17(19)22)10-13-4-2-1-3-5-13/h1-6,8-9,11-12,15,22H,7,10H2. The molecule has 0 saturated carbocycles. The van der Waals surface area contributed by atoms with E-state index in [1.807, 2.05) is 30.3 Å². The van der Waals surface area contributed by atoms with Crippen molar-refractivity contribution >= 4 is 23.2 Å². The highest BCUT2D eigenvalue weighted by molar-refractivity contribution is 6.33. The lowest BCUT2D eigenvalue weighted by molar-refractivity contribution is 0.387. The van der Waals surface area contributed by atoms with E-state index in [1.54, 1.807) is 18.2 Å². The largest absolute Gasteiger partial charge is 0.504 e. The molecule has 0 aliphatic heterocycles. The van der Waals surface area contributed by atoms with Gasteiger partial charge < -0.3 is 9.84 Å². The Balaban J connectivity index is 1.74. The molecule has 0 radical (unpaired) electrons. The van der Waals surface area contributed by atoms with E-state index < -0.39 is 0 Å². The first-order valence-corrected chi connectivity index (χ1v) is 8.19. The van der Waals surface area contributed by atoms with Crippen LogP contribution in [0.4, 0.5) is 0 Å². The summed E-state index contributed by atoms with van der Waals surface area (Å²) in [4.78, 5) is 0. The van der Waals surface area contributed by atoms with Gasteiger partial charge in [-0.15, -0.1) is 11.6 Å². The second-order valence-corrected chi connectivity index (χ2v) is 6.37. The van der Waals surface area contributed by atoms with Crippen LogP contribution in [0.1, 0.15) is 17.5 Å². The summed E-state index contributed by atoms with van der Waals surface area (Å²) >= 11 is 12.1. The number of ether oxygens (including phenoxy) is 1. The Morgan fingerprint density at radius 3 is 2.57 bits per heavy atom. The van der Waals surface area contributed by atoms with Crippen LogP contribution in [0.25, 0.3) is 0 Å². The number of hydrogen-bond acceptors (Lipinski definition) is 2. The molecule has 0 aromatic heterocycles. The van der Waals surface area contributed by atoms with Crippen LogP contribution < -0.4 is 4.74 Å². The lowest BCUT2D eigenvalue weighted by Crippen LogP contribution is -2.05. The van der Waals surface area contributed by atoms with Crippen molar-refractivity contribution in [1.82, 2.24) is 0 Å². The molecule has 1 atom stereocenters. The second-order valence-electron chi connectivity index (χ2n) is 5.40. The van der Waals surface area contributed by atoms with Gasteiger partial charge in [0.1, 0.15) is 5.76 Å². The van der Waals surface area contributed by atoms with E-state index in [-0.39, 0.29) is 11.1 Å². The Bertz CT molecular complexity index is 751. The van der Waals surface area contributed by atoms with Gasteiger partial charge in [-0.05, 0) is 48.3 Å². The summed E-state index contributed by atoms with van der Waals surface area (Å²) in [6.45, 7) is 0. The second kappa shape index (κ2) is 7.12. The first-order valence-electron chi connectivity index (χ1n) is 7.37. The molecule has 3 rings (SSSR count). The number of alkyl halides is 1. The van der Waals surface area contributed by atoms with Gasteiger partial charge in [-0.25, -0.2) is 0 Å². The molecule has 0 amide bonds. The van der Waals surface area contributed by atoms with Crippen LogP contribution in [0.15, 0.2) is 71.5 Å². The van der Waals surface area contributed by atoms with Crippen LogP contribution in [-0.2, 0) is 6.42 Å². The minimum atomic E-state index is -0.114. The summed E-state index contributed by atoms with van der Waals surface area (Å²) in [5.41, 5.74) is 2.20. The Hall–Kier alpha value is -1.90. The third-order valence-corrected chi connectivity index (χ3v) is 4.20. The van der Waals surface area contributed by atoms with E-state index in [1.165, 1.54) is 5.56 Å². The van der Waals surface area contributed by atoms with Crippen molar-refractivity contribution in [2.45, 2.75) is 18.2 Å². The molecule has 1 aliphatic carbocycles. The summed E-state index contributed by atoms with van der Waals surface area (Å²) < 4.78 is 5.70. The number of allylic oxidation sites excluding steroid dienone is 3. The number of hydrogen-bond donors (Lipinski definition) is 1. The fourth-order valence-corrected chi connectivity index (χ4v) is 2.97. The Morgan fingerprint density at radius 1 is 1.09 bits per heavy atom. The summed E-state index contributed by atoms with van der Waals surface area (Å²) in [6.07, 6.45) is 4.97. The van der Waals surface area contributed by atoms with E-state index >= 15 is 0 Å². The molecule has 0 saturated heterocycles. The maximum atomic E-state index is 10.2. The van der Waals surface area contributed by atoms with E-state index in [0.717, 1.165) is 12.0 Å². The minimum Gasteiger partial charge on any atom is -0.504 e. The average Bonchev–Trinajstić information content (AvgIpc) is 2.53.